The lowest BCUT2D eigenvalue weighted by Crippen LogP contribution is -2.41. The van der Waals surface area contributed by atoms with Crippen LogP contribution in [0.2, 0.25) is 0 Å². The Balaban J connectivity index is 2.11. The third kappa shape index (κ3) is 3.28. The third-order valence-corrected chi connectivity index (χ3v) is 4.01. The van der Waals surface area contributed by atoms with Crippen LogP contribution in [0.3, 0.4) is 0 Å². The second kappa shape index (κ2) is 6.70. The molecule has 0 spiro atoms. The highest BCUT2D eigenvalue weighted by atomic mass is 16.2. The van der Waals surface area contributed by atoms with Crippen LogP contribution in [-0.2, 0) is 4.79 Å². The van der Waals surface area contributed by atoms with Crippen molar-refractivity contribution in [1.29, 1.82) is 0 Å². The number of rotatable bonds is 5. The molecule has 1 aliphatic heterocycles. The highest BCUT2D eigenvalue weighted by Gasteiger charge is 2.22. The molecule has 0 radical (unpaired) electrons. The molecule has 5 nitrogen and oxygen atoms in total. The number of pyridine rings is 1. The van der Waals surface area contributed by atoms with Gasteiger partial charge in [-0.3, -0.25) is 4.79 Å². The van der Waals surface area contributed by atoms with E-state index in [2.05, 4.69) is 15.2 Å². The lowest BCUT2D eigenvalue weighted by molar-refractivity contribution is -0.118. The molecule has 2 unspecified atom stereocenters. The molecule has 0 saturated carbocycles. The first kappa shape index (κ1) is 14.8. The number of nitrogens with zero attached hydrogens (tertiary/aromatic N) is 2. The summed E-state index contributed by atoms with van der Waals surface area (Å²) >= 11 is 0. The number of amides is 1. The number of nitrogens with two attached hydrogens (primary N) is 1. The molecule has 1 saturated heterocycles. The van der Waals surface area contributed by atoms with Gasteiger partial charge in [-0.15, -0.1) is 0 Å². The number of hydrogen-bond donors (Lipinski definition) is 2. The van der Waals surface area contributed by atoms with Gasteiger partial charge in [0.2, 0.25) is 5.91 Å². The molecule has 1 aliphatic rings. The second-order valence-electron chi connectivity index (χ2n) is 5.47. The molecule has 1 fully saturated rings. The van der Waals surface area contributed by atoms with Crippen LogP contribution in [0, 0.1) is 5.92 Å². The van der Waals surface area contributed by atoms with E-state index in [1.807, 2.05) is 26.0 Å². The molecule has 20 heavy (non-hydrogen) atoms. The van der Waals surface area contributed by atoms with E-state index in [1.165, 1.54) is 12.8 Å². The fourth-order valence-electron chi connectivity index (χ4n) is 2.40. The lowest BCUT2D eigenvalue weighted by atomic mass is 9.99. The monoisotopic (exact) mass is 276 g/mol. The van der Waals surface area contributed by atoms with Crippen molar-refractivity contribution in [2.45, 2.75) is 39.2 Å². The number of carbonyl (C=O) groups is 1. The minimum atomic E-state index is -0.480. The number of nitrogens with one attached hydrogen (secondary N) is 1. The quantitative estimate of drug-likeness (QED) is 0.863. The van der Waals surface area contributed by atoms with Crippen molar-refractivity contribution >= 4 is 17.4 Å². The van der Waals surface area contributed by atoms with Gasteiger partial charge in [0.15, 0.2) is 5.82 Å². The van der Waals surface area contributed by atoms with Crippen molar-refractivity contribution in [3.05, 3.63) is 18.3 Å². The van der Waals surface area contributed by atoms with Gasteiger partial charge in [0, 0.05) is 19.3 Å². The van der Waals surface area contributed by atoms with Crippen LogP contribution in [0.4, 0.5) is 11.5 Å². The van der Waals surface area contributed by atoms with Crippen LogP contribution in [0.5, 0.6) is 0 Å². The van der Waals surface area contributed by atoms with Gasteiger partial charge >= 0.3 is 0 Å². The molecule has 1 aromatic heterocycles. The van der Waals surface area contributed by atoms with E-state index in [9.17, 15) is 4.79 Å². The van der Waals surface area contributed by atoms with Gasteiger partial charge in [-0.25, -0.2) is 4.98 Å². The van der Waals surface area contributed by atoms with Crippen LogP contribution < -0.4 is 16.0 Å². The Morgan fingerprint density at radius 1 is 1.50 bits per heavy atom. The zero-order valence-electron chi connectivity index (χ0n) is 12.3. The lowest BCUT2D eigenvalue weighted by Gasteiger charge is -2.22. The summed E-state index contributed by atoms with van der Waals surface area (Å²) < 4.78 is 0. The predicted molar refractivity (Wildman–Crippen MR) is 81.7 cm³/mol. The van der Waals surface area contributed by atoms with Crippen molar-refractivity contribution in [2.24, 2.45) is 11.7 Å². The molecule has 0 aliphatic carbocycles. The summed E-state index contributed by atoms with van der Waals surface area (Å²) in [5.74, 6) is 0.893. The summed E-state index contributed by atoms with van der Waals surface area (Å²) in [4.78, 5) is 18.8. The van der Waals surface area contributed by atoms with Crippen LogP contribution in [0.15, 0.2) is 18.3 Å². The first-order valence-corrected chi connectivity index (χ1v) is 7.40. The van der Waals surface area contributed by atoms with E-state index < -0.39 is 6.04 Å². The minimum Gasteiger partial charge on any atom is -0.355 e. The maximum Gasteiger partial charge on any atom is 0.241 e. The van der Waals surface area contributed by atoms with Gasteiger partial charge in [0.25, 0.3) is 0 Å². The van der Waals surface area contributed by atoms with E-state index in [0.717, 1.165) is 31.0 Å². The molecule has 5 heteroatoms. The summed E-state index contributed by atoms with van der Waals surface area (Å²) in [6.45, 7) is 6.03. The number of aromatic nitrogens is 1. The Morgan fingerprint density at radius 3 is 2.85 bits per heavy atom. The van der Waals surface area contributed by atoms with Gasteiger partial charge in [-0.2, -0.15) is 0 Å². The summed E-state index contributed by atoms with van der Waals surface area (Å²) in [6.07, 6.45) is 5.01. The molecular formula is C15H24N4O. The Bertz CT molecular complexity index is 457. The third-order valence-electron chi connectivity index (χ3n) is 4.01. The molecule has 2 atom stereocenters. The maximum absolute atomic E-state index is 12.2. The van der Waals surface area contributed by atoms with Gasteiger partial charge in [0.05, 0.1) is 11.7 Å². The van der Waals surface area contributed by atoms with Crippen molar-refractivity contribution in [3.63, 3.8) is 0 Å². The fourth-order valence-corrected chi connectivity index (χ4v) is 2.40. The standard InChI is InChI=1S/C15H24N4O/c1-3-11(2)13(16)15(20)18-12-7-6-8-17-14(12)19-9-4-5-10-19/h6-8,11,13H,3-5,9-10,16H2,1-2H3,(H,18,20). The van der Waals surface area contributed by atoms with Crippen molar-refractivity contribution in [2.75, 3.05) is 23.3 Å². The summed E-state index contributed by atoms with van der Waals surface area (Å²) in [6, 6.07) is 3.25. The average Bonchev–Trinajstić information content (AvgIpc) is 3.00. The van der Waals surface area contributed by atoms with Crippen molar-refractivity contribution < 1.29 is 4.79 Å². The first-order valence-electron chi connectivity index (χ1n) is 7.40. The maximum atomic E-state index is 12.2. The predicted octanol–water partition coefficient (Wildman–Crippen LogP) is 1.99. The fraction of sp³-hybridized carbons (Fsp3) is 0.600. The van der Waals surface area contributed by atoms with Crippen LogP contribution >= 0.6 is 0 Å². The molecule has 1 aromatic rings. The minimum absolute atomic E-state index is 0.132. The van der Waals surface area contributed by atoms with Gasteiger partial charge in [-0.1, -0.05) is 20.3 Å². The van der Waals surface area contributed by atoms with E-state index >= 15 is 0 Å². The Kier molecular flexibility index (Phi) is 4.95. The molecule has 0 bridgehead atoms. The van der Waals surface area contributed by atoms with E-state index in [-0.39, 0.29) is 11.8 Å². The zero-order chi connectivity index (χ0) is 14.5. The van der Waals surface area contributed by atoms with Gasteiger partial charge < -0.3 is 16.0 Å². The van der Waals surface area contributed by atoms with Crippen LogP contribution in [0.1, 0.15) is 33.1 Å². The highest BCUT2D eigenvalue weighted by Crippen LogP contribution is 2.26. The average molecular weight is 276 g/mol. The zero-order valence-corrected chi connectivity index (χ0v) is 12.3. The molecule has 2 rings (SSSR count). The number of hydrogen-bond acceptors (Lipinski definition) is 4. The largest absolute Gasteiger partial charge is 0.355 e. The Morgan fingerprint density at radius 2 is 2.20 bits per heavy atom. The Labute approximate surface area is 120 Å². The van der Waals surface area contributed by atoms with Crippen LogP contribution in [-0.4, -0.2) is 30.0 Å². The molecule has 3 N–H and O–H groups in total. The first-order chi connectivity index (χ1) is 9.63. The van der Waals surface area contributed by atoms with Gasteiger partial charge in [-0.05, 0) is 30.9 Å². The van der Waals surface area contributed by atoms with Crippen molar-refractivity contribution in [3.8, 4) is 0 Å². The van der Waals surface area contributed by atoms with Crippen molar-refractivity contribution in [1.82, 2.24) is 4.98 Å². The SMILES string of the molecule is CCC(C)C(N)C(=O)Nc1cccnc1N1CCCC1. The van der Waals surface area contributed by atoms with E-state index in [4.69, 9.17) is 5.73 Å². The molecule has 0 aromatic carbocycles. The van der Waals surface area contributed by atoms with Gasteiger partial charge in [0.1, 0.15) is 0 Å². The summed E-state index contributed by atoms with van der Waals surface area (Å²) in [7, 11) is 0. The summed E-state index contributed by atoms with van der Waals surface area (Å²) in [5, 5.41) is 2.93. The van der Waals surface area contributed by atoms with E-state index in [1.54, 1.807) is 6.20 Å². The molecular weight excluding hydrogens is 252 g/mol. The highest BCUT2D eigenvalue weighted by molar-refractivity contribution is 5.97. The Hall–Kier alpha value is -1.62. The molecule has 110 valence electrons. The second-order valence-corrected chi connectivity index (χ2v) is 5.47. The molecule has 2 heterocycles. The summed E-state index contributed by atoms with van der Waals surface area (Å²) in [5.41, 5.74) is 6.74. The van der Waals surface area contributed by atoms with E-state index in [0.29, 0.717) is 0 Å². The normalized spacial score (nSPS) is 17.9. The van der Waals surface area contributed by atoms with Crippen LogP contribution in [0.25, 0.3) is 0 Å². The smallest absolute Gasteiger partial charge is 0.241 e. The molecule has 1 amide bonds. The number of anilines is 2. The number of carbonyl (C=O) groups excluding carboxylic acids is 1. The topological polar surface area (TPSA) is 71.2 Å².